The van der Waals surface area contributed by atoms with E-state index in [2.05, 4.69) is 15.9 Å². The Hall–Kier alpha value is -1.93. The Bertz CT molecular complexity index is 977. The molecule has 0 amide bonds. The highest BCUT2D eigenvalue weighted by molar-refractivity contribution is 9.10. The summed E-state index contributed by atoms with van der Waals surface area (Å²) in [5.74, 6) is -1.04. The zero-order valence-electron chi connectivity index (χ0n) is 14.2. The zero-order valence-corrected chi connectivity index (χ0v) is 16.6. The summed E-state index contributed by atoms with van der Waals surface area (Å²) in [6.07, 6.45) is 1.68. The van der Waals surface area contributed by atoms with Gasteiger partial charge in [0.2, 0.25) is 10.0 Å². The lowest BCUT2D eigenvalue weighted by Gasteiger charge is -2.21. The second-order valence-electron chi connectivity index (χ2n) is 6.27. The molecule has 8 heteroatoms. The van der Waals surface area contributed by atoms with Crippen LogP contribution in [0.25, 0.3) is 0 Å². The normalized spacial score (nSPS) is 16.5. The molecular formula is C18H17BrFNO4S. The molecule has 0 saturated carbocycles. The van der Waals surface area contributed by atoms with Crippen molar-refractivity contribution in [1.82, 2.24) is 0 Å². The van der Waals surface area contributed by atoms with Gasteiger partial charge in [0.25, 0.3) is 0 Å². The number of halogens is 2. The Balaban J connectivity index is 1.77. The molecule has 0 fully saturated rings. The number of anilines is 1. The van der Waals surface area contributed by atoms with E-state index in [0.29, 0.717) is 22.1 Å². The largest absolute Gasteiger partial charge is 0.457 e. The number of benzene rings is 2. The number of sulfonamides is 1. The SMILES string of the molecule is CC1Cc2cc(C(=O)OCc3ccc(Br)cc3F)ccc2N1S(C)(=O)=O. The molecule has 0 bridgehead atoms. The van der Waals surface area contributed by atoms with Crippen molar-refractivity contribution in [2.45, 2.75) is 26.0 Å². The van der Waals surface area contributed by atoms with Crippen LogP contribution in [0.15, 0.2) is 40.9 Å². The molecule has 26 heavy (non-hydrogen) atoms. The van der Waals surface area contributed by atoms with E-state index in [9.17, 15) is 17.6 Å². The quantitative estimate of drug-likeness (QED) is 0.679. The molecule has 1 heterocycles. The van der Waals surface area contributed by atoms with Crippen LogP contribution in [-0.4, -0.2) is 26.7 Å². The van der Waals surface area contributed by atoms with Gasteiger partial charge in [-0.1, -0.05) is 22.0 Å². The molecule has 1 aliphatic heterocycles. The van der Waals surface area contributed by atoms with E-state index < -0.39 is 21.8 Å². The maximum Gasteiger partial charge on any atom is 0.338 e. The van der Waals surface area contributed by atoms with E-state index in [1.54, 1.807) is 24.3 Å². The minimum Gasteiger partial charge on any atom is -0.457 e. The summed E-state index contributed by atoms with van der Waals surface area (Å²) in [6.45, 7) is 1.64. The molecule has 0 spiro atoms. The van der Waals surface area contributed by atoms with Gasteiger partial charge in [-0.3, -0.25) is 4.31 Å². The van der Waals surface area contributed by atoms with Crippen LogP contribution in [0.1, 0.15) is 28.4 Å². The first-order valence-corrected chi connectivity index (χ1v) is 10.5. The minimum atomic E-state index is -3.38. The number of ether oxygens (including phenoxy) is 1. The summed E-state index contributed by atoms with van der Waals surface area (Å²) in [4.78, 5) is 12.3. The molecule has 0 aromatic heterocycles. The van der Waals surface area contributed by atoms with Gasteiger partial charge in [0, 0.05) is 16.1 Å². The number of esters is 1. The summed E-state index contributed by atoms with van der Waals surface area (Å²) < 4.78 is 44.8. The summed E-state index contributed by atoms with van der Waals surface area (Å²) >= 11 is 3.17. The number of hydrogen-bond acceptors (Lipinski definition) is 4. The van der Waals surface area contributed by atoms with Crippen molar-refractivity contribution in [3.05, 3.63) is 63.4 Å². The highest BCUT2D eigenvalue weighted by atomic mass is 79.9. The molecule has 0 saturated heterocycles. The molecule has 0 radical (unpaired) electrons. The highest BCUT2D eigenvalue weighted by Crippen LogP contribution is 2.34. The Kier molecular flexibility index (Phi) is 5.07. The van der Waals surface area contributed by atoms with Crippen LogP contribution in [0.4, 0.5) is 10.1 Å². The van der Waals surface area contributed by atoms with Crippen molar-refractivity contribution in [2.24, 2.45) is 0 Å². The van der Waals surface area contributed by atoms with E-state index in [1.165, 1.54) is 16.4 Å². The predicted octanol–water partition coefficient (Wildman–Crippen LogP) is 3.66. The topological polar surface area (TPSA) is 63.7 Å². The zero-order chi connectivity index (χ0) is 19.1. The van der Waals surface area contributed by atoms with Gasteiger partial charge in [-0.05, 0) is 49.2 Å². The van der Waals surface area contributed by atoms with Crippen molar-refractivity contribution in [2.75, 3.05) is 10.6 Å². The fraction of sp³-hybridized carbons (Fsp3) is 0.278. The number of hydrogen-bond donors (Lipinski definition) is 0. The standard InChI is InChI=1S/C18H17BrFNO4S/c1-11-7-14-8-12(4-6-17(14)21(11)26(2,23)24)18(22)25-10-13-3-5-15(19)9-16(13)20/h3-6,8-9,11H,7,10H2,1-2H3. The van der Waals surface area contributed by atoms with E-state index in [4.69, 9.17) is 4.74 Å². The summed E-state index contributed by atoms with van der Waals surface area (Å²) in [7, 11) is -3.38. The second-order valence-corrected chi connectivity index (χ2v) is 9.04. The maximum atomic E-state index is 13.8. The lowest BCUT2D eigenvalue weighted by Crippen LogP contribution is -2.34. The fourth-order valence-corrected chi connectivity index (χ4v) is 4.70. The number of carbonyl (C=O) groups excluding carboxylic acids is 1. The second kappa shape index (κ2) is 7.00. The first kappa shape index (κ1) is 18.8. The molecule has 0 aliphatic carbocycles. The average molecular weight is 442 g/mol. The van der Waals surface area contributed by atoms with Crippen molar-refractivity contribution in [1.29, 1.82) is 0 Å². The van der Waals surface area contributed by atoms with Gasteiger partial charge in [-0.15, -0.1) is 0 Å². The van der Waals surface area contributed by atoms with Gasteiger partial charge >= 0.3 is 5.97 Å². The van der Waals surface area contributed by atoms with Gasteiger partial charge in [0.1, 0.15) is 12.4 Å². The maximum absolute atomic E-state index is 13.8. The highest BCUT2D eigenvalue weighted by Gasteiger charge is 2.32. The van der Waals surface area contributed by atoms with Crippen LogP contribution in [0.2, 0.25) is 0 Å². The van der Waals surface area contributed by atoms with Gasteiger partial charge in [-0.25, -0.2) is 17.6 Å². The first-order chi connectivity index (χ1) is 12.2. The van der Waals surface area contributed by atoms with Crippen LogP contribution in [0.3, 0.4) is 0 Å². The van der Waals surface area contributed by atoms with E-state index >= 15 is 0 Å². The van der Waals surface area contributed by atoms with E-state index in [1.807, 2.05) is 6.92 Å². The molecule has 1 aliphatic rings. The van der Waals surface area contributed by atoms with Crippen LogP contribution in [0, 0.1) is 5.82 Å². The summed E-state index contributed by atoms with van der Waals surface area (Å²) in [5.41, 5.74) is 1.94. The lowest BCUT2D eigenvalue weighted by molar-refractivity contribution is 0.0469. The number of rotatable bonds is 4. The Morgan fingerprint density at radius 3 is 2.69 bits per heavy atom. The Labute approximate surface area is 160 Å². The van der Waals surface area contributed by atoms with Gasteiger partial charge < -0.3 is 4.74 Å². The smallest absolute Gasteiger partial charge is 0.338 e. The molecule has 1 atom stereocenters. The first-order valence-electron chi connectivity index (χ1n) is 7.90. The van der Waals surface area contributed by atoms with Gasteiger partial charge in [0.15, 0.2) is 0 Å². The summed E-state index contributed by atoms with van der Waals surface area (Å²) in [5, 5.41) is 0. The summed E-state index contributed by atoms with van der Waals surface area (Å²) in [6, 6.07) is 9.08. The monoisotopic (exact) mass is 441 g/mol. The van der Waals surface area contributed by atoms with Crippen molar-refractivity contribution < 1.29 is 22.3 Å². The molecule has 2 aromatic carbocycles. The Morgan fingerprint density at radius 2 is 2.04 bits per heavy atom. The number of fused-ring (bicyclic) bond motifs is 1. The third-order valence-corrected chi connectivity index (χ3v) is 5.96. The van der Waals surface area contributed by atoms with Crippen LogP contribution < -0.4 is 4.31 Å². The number of carbonyl (C=O) groups is 1. The van der Waals surface area contributed by atoms with E-state index in [0.717, 1.165) is 11.8 Å². The third-order valence-electron chi connectivity index (χ3n) is 4.20. The van der Waals surface area contributed by atoms with Gasteiger partial charge in [0.05, 0.1) is 17.5 Å². The minimum absolute atomic E-state index is 0.180. The van der Waals surface area contributed by atoms with Gasteiger partial charge in [-0.2, -0.15) is 0 Å². The van der Waals surface area contributed by atoms with Crippen molar-refractivity contribution >= 4 is 37.6 Å². The third kappa shape index (κ3) is 3.76. The molecule has 5 nitrogen and oxygen atoms in total. The van der Waals surface area contributed by atoms with Crippen molar-refractivity contribution in [3.63, 3.8) is 0 Å². The molecule has 0 N–H and O–H groups in total. The van der Waals surface area contributed by atoms with Crippen molar-refractivity contribution in [3.8, 4) is 0 Å². The van der Waals surface area contributed by atoms with Crippen LogP contribution in [0.5, 0.6) is 0 Å². The molecular weight excluding hydrogens is 425 g/mol. The molecule has 1 unspecified atom stereocenters. The lowest BCUT2D eigenvalue weighted by atomic mass is 10.1. The predicted molar refractivity (Wildman–Crippen MR) is 100 cm³/mol. The van der Waals surface area contributed by atoms with Crippen LogP contribution >= 0.6 is 15.9 Å². The van der Waals surface area contributed by atoms with Crippen LogP contribution in [-0.2, 0) is 27.8 Å². The fourth-order valence-electron chi connectivity index (χ4n) is 3.10. The average Bonchev–Trinajstić information content (AvgIpc) is 2.88. The molecule has 3 rings (SSSR count). The Morgan fingerprint density at radius 1 is 1.31 bits per heavy atom. The number of nitrogens with zero attached hydrogens (tertiary/aromatic N) is 1. The van der Waals surface area contributed by atoms with E-state index in [-0.39, 0.29) is 18.2 Å². The molecule has 138 valence electrons. The molecule has 2 aromatic rings.